The summed E-state index contributed by atoms with van der Waals surface area (Å²) in [6.07, 6.45) is 0.376. The van der Waals surface area contributed by atoms with Gasteiger partial charge in [-0.25, -0.2) is 0 Å². The van der Waals surface area contributed by atoms with Crippen LogP contribution in [-0.4, -0.2) is 12.7 Å². The highest BCUT2D eigenvalue weighted by Crippen LogP contribution is 2.45. The summed E-state index contributed by atoms with van der Waals surface area (Å²) in [4.78, 5) is 1.43. The van der Waals surface area contributed by atoms with Crippen LogP contribution >= 0.6 is 11.8 Å². The molecule has 2 heteroatoms. The van der Waals surface area contributed by atoms with Crippen molar-refractivity contribution in [2.75, 3.05) is 6.61 Å². The van der Waals surface area contributed by atoms with Crippen molar-refractivity contribution >= 4 is 11.8 Å². The Morgan fingerprint density at radius 1 is 1.11 bits per heavy atom. The Kier molecular flexibility index (Phi) is 2.68. The molecule has 0 spiro atoms. The molecule has 2 aromatic carbocycles. The van der Waals surface area contributed by atoms with Gasteiger partial charge in [0.05, 0.1) is 12.7 Å². The number of aryl methyl sites for hydroxylation is 1. The molecule has 0 aromatic heterocycles. The average Bonchev–Trinajstić information content (AvgIpc) is 3.24. The number of ether oxygens (including phenoxy) is 1. The van der Waals surface area contributed by atoms with Gasteiger partial charge in [-0.05, 0) is 35.2 Å². The van der Waals surface area contributed by atoms with Gasteiger partial charge in [0.15, 0.2) is 0 Å². The van der Waals surface area contributed by atoms with E-state index in [1.165, 1.54) is 27.1 Å². The smallest absolute Gasteiger partial charge is 0.0919 e. The fraction of sp³-hybridized carbons (Fsp3) is 0.294. The Morgan fingerprint density at radius 3 is 2.79 bits per heavy atom. The Bertz CT molecular complexity index is 631. The fourth-order valence-corrected chi connectivity index (χ4v) is 4.17. The predicted octanol–water partition coefficient (Wildman–Crippen LogP) is 4.13. The molecule has 0 radical (unpaired) electrons. The Labute approximate surface area is 118 Å². The molecular weight excluding hydrogens is 252 g/mol. The van der Waals surface area contributed by atoms with E-state index in [0.717, 1.165) is 12.4 Å². The van der Waals surface area contributed by atoms with Crippen LogP contribution in [0, 0.1) is 6.92 Å². The summed E-state index contributed by atoms with van der Waals surface area (Å²) in [6, 6.07) is 15.7. The zero-order valence-electron chi connectivity index (χ0n) is 10.9. The van der Waals surface area contributed by atoms with E-state index in [1.54, 1.807) is 0 Å². The van der Waals surface area contributed by atoms with E-state index in [0.29, 0.717) is 12.0 Å². The first-order chi connectivity index (χ1) is 9.33. The van der Waals surface area contributed by atoms with E-state index in [4.69, 9.17) is 4.74 Å². The van der Waals surface area contributed by atoms with Crippen LogP contribution in [0.15, 0.2) is 47.4 Å². The highest BCUT2D eigenvalue weighted by molar-refractivity contribution is 7.98. The molecule has 1 saturated heterocycles. The molecule has 0 saturated carbocycles. The molecular formula is C17H16OS. The topological polar surface area (TPSA) is 12.5 Å². The van der Waals surface area contributed by atoms with Gasteiger partial charge in [-0.3, -0.25) is 0 Å². The Hall–Kier alpha value is -1.25. The van der Waals surface area contributed by atoms with E-state index in [-0.39, 0.29) is 0 Å². The summed E-state index contributed by atoms with van der Waals surface area (Å²) in [5, 5.41) is 0. The van der Waals surface area contributed by atoms with Gasteiger partial charge in [0, 0.05) is 16.6 Å². The monoisotopic (exact) mass is 268 g/mol. The first-order valence-corrected chi connectivity index (χ1v) is 7.74. The third-order valence-corrected chi connectivity index (χ3v) is 5.13. The molecule has 2 atom stereocenters. The maximum atomic E-state index is 5.64. The maximum absolute atomic E-state index is 5.64. The minimum absolute atomic E-state index is 0.376. The van der Waals surface area contributed by atoms with E-state index >= 15 is 0 Å². The number of rotatable bonds is 1. The fourth-order valence-electron chi connectivity index (χ4n) is 2.96. The SMILES string of the molecule is Cc1ccc2c(c1)SCc1ccccc1C2C1CO1. The lowest BCUT2D eigenvalue weighted by Crippen LogP contribution is -2.10. The van der Waals surface area contributed by atoms with E-state index < -0.39 is 0 Å². The minimum Gasteiger partial charge on any atom is -0.372 e. The lowest BCUT2D eigenvalue weighted by Gasteiger charge is -2.18. The normalized spacial score (nSPS) is 24.3. The van der Waals surface area contributed by atoms with Crippen LogP contribution in [0.25, 0.3) is 0 Å². The van der Waals surface area contributed by atoms with Crippen LogP contribution in [-0.2, 0) is 10.5 Å². The Balaban J connectivity index is 1.92. The second kappa shape index (κ2) is 4.39. The molecule has 2 aliphatic heterocycles. The van der Waals surface area contributed by atoms with Crippen LogP contribution in [0.3, 0.4) is 0 Å². The van der Waals surface area contributed by atoms with Crippen LogP contribution < -0.4 is 0 Å². The van der Waals surface area contributed by atoms with Crippen molar-refractivity contribution in [2.45, 2.75) is 29.6 Å². The van der Waals surface area contributed by atoms with Gasteiger partial charge in [-0.2, -0.15) is 0 Å². The minimum atomic E-state index is 0.376. The van der Waals surface area contributed by atoms with Crippen molar-refractivity contribution < 1.29 is 4.74 Å². The quantitative estimate of drug-likeness (QED) is 0.721. The number of benzene rings is 2. The van der Waals surface area contributed by atoms with Gasteiger partial charge in [-0.1, -0.05) is 36.4 Å². The van der Waals surface area contributed by atoms with Crippen molar-refractivity contribution in [3.63, 3.8) is 0 Å². The molecule has 0 aliphatic carbocycles. The van der Waals surface area contributed by atoms with Crippen LogP contribution in [0.5, 0.6) is 0 Å². The lowest BCUT2D eigenvalue weighted by molar-refractivity contribution is 0.388. The second-order valence-electron chi connectivity index (χ2n) is 5.38. The van der Waals surface area contributed by atoms with Crippen LogP contribution in [0.1, 0.15) is 28.2 Å². The molecule has 2 heterocycles. The van der Waals surface area contributed by atoms with E-state index in [1.807, 2.05) is 11.8 Å². The summed E-state index contributed by atoms with van der Waals surface area (Å²) in [5.74, 6) is 1.48. The largest absolute Gasteiger partial charge is 0.372 e. The highest BCUT2D eigenvalue weighted by Gasteiger charge is 2.38. The van der Waals surface area contributed by atoms with Crippen molar-refractivity contribution in [2.24, 2.45) is 0 Å². The summed E-state index contributed by atoms with van der Waals surface area (Å²) >= 11 is 1.96. The van der Waals surface area contributed by atoms with Crippen molar-refractivity contribution in [1.29, 1.82) is 0 Å². The number of epoxide rings is 1. The van der Waals surface area contributed by atoms with Crippen LogP contribution in [0.4, 0.5) is 0 Å². The molecule has 0 N–H and O–H groups in total. The summed E-state index contributed by atoms with van der Waals surface area (Å²) in [7, 11) is 0. The highest BCUT2D eigenvalue weighted by atomic mass is 32.2. The summed E-state index contributed by atoms with van der Waals surface area (Å²) in [5.41, 5.74) is 5.71. The molecule has 19 heavy (non-hydrogen) atoms. The lowest BCUT2D eigenvalue weighted by atomic mass is 9.86. The number of hydrogen-bond acceptors (Lipinski definition) is 2. The zero-order chi connectivity index (χ0) is 12.8. The Morgan fingerprint density at radius 2 is 1.95 bits per heavy atom. The first-order valence-electron chi connectivity index (χ1n) is 6.76. The predicted molar refractivity (Wildman–Crippen MR) is 78.8 cm³/mol. The van der Waals surface area contributed by atoms with Crippen molar-refractivity contribution in [3.05, 3.63) is 64.7 Å². The third kappa shape index (κ3) is 1.99. The molecule has 0 amide bonds. The molecule has 96 valence electrons. The van der Waals surface area contributed by atoms with E-state index in [2.05, 4.69) is 49.4 Å². The summed E-state index contributed by atoms with van der Waals surface area (Å²) in [6.45, 7) is 3.07. The van der Waals surface area contributed by atoms with Crippen molar-refractivity contribution in [3.8, 4) is 0 Å². The molecule has 0 bridgehead atoms. The molecule has 2 aromatic rings. The van der Waals surface area contributed by atoms with Crippen LogP contribution in [0.2, 0.25) is 0 Å². The van der Waals surface area contributed by atoms with Gasteiger partial charge < -0.3 is 4.74 Å². The number of fused-ring (bicyclic) bond motifs is 2. The van der Waals surface area contributed by atoms with E-state index in [9.17, 15) is 0 Å². The maximum Gasteiger partial charge on any atom is 0.0919 e. The molecule has 1 fully saturated rings. The van der Waals surface area contributed by atoms with Crippen molar-refractivity contribution in [1.82, 2.24) is 0 Å². The number of thioether (sulfide) groups is 1. The van der Waals surface area contributed by atoms with Gasteiger partial charge in [0.2, 0.25) is 0 Å². The number of hydrogen-bond donors (Lipinski definition) is 0. The zero-order valence-corrected chi connectivity index (χ0v) is 11.7. The first kappa shape index (κ1) is 11.6. The average molecular weight is 268 g/mol. The molecule has 1 nitrogen and oxygen atoms in total. The third-order valence-electron chi connectivity index (χ3n) is 4.01. The molecule has 2 unspecified atom stereocenters. The second-order valence-corrected chi connectivity index (χ2v) is 6.40. The van der Waals surface area contributed by atoms with Gasteiger partial charge in [0.1, 0.15) is 0 Å². The van der Waals surface area contributed by atoms with Gasteiger partial charge >= 0.3 is 0 Å². The van der Waals surface area contributed by atoms with Gasteiger partial charge in [0.25, 0.3) is 0 Å². The molecule has 2 aliphatic rings. The summed E-state index contributed by atoms with van der Waals surface area (Å²) < 4.78 is 5.64. The van der Waals surface area contributed by atoms with Gasteiger partial charge in [-0.15, -0.1) is 11.8 Å². The standard InChI is InChI=1S/C17H16OS/c1-11-6-7-14-16(8-11)19-10-12-4-2-3-5-13(12)17(14)15-9-18-15/h2-8,15,17H,9-10H2,1H3. The molecule has 4 rings (SSSR count).